The lowest BCUT2D eigenvalue weighted by Crippen LogP contribution is -2.63. The molecule has 0 amide bonds. The molecule has 0 aromatic carbocycles. The van der Waals surface area contributed by atoms with Gasteiger partial charge in [0.15, 0.2) is 0 Å². The summed E-state index contributed by atoms with van der Waals surface area (Å²) in [6.07, 6.45) is 8.41. The summed E-state index contributed by atoms with van der Waals surface area (Å²) in [6, 6.07) is 0. The number of fused-ring (bicyclic) bond motifs is 1. The molecule has 2 aliphatic carbocycles. The summed E-state index contributed by atoms with van der Waals surface area (Å²) in [4.78, 5) is 2.35. The van der Waals surface area contributed by atoms with E-state index in [2.05, 4.69) is 17.9 Å². The fourth-order valence-electron chi connectivity index (χ4n) is 6.24. The Bertz CT molecular complexity index is 557. The summed E-state index contributed by atoms with van der Waals surface area (Å²) in [5.74, 6) is 0.316. The van der Waals surface area contributed by atoms with Crippen LogP contribution in [0.5, 0.6) is 0 Å². The van der Waals surface area contributed by atoms with E-state index in [0.29, 0.717) is 31.7 Å². The Morgan fingerprint density at radius 2 is 1.89 bits per heavy atom. The van der Waals surface area contributed by atoms with Crippen molar-refractivity contribution in [1.82, 2.24) is 4.90 Å². The number of allylic oxidation sites excluding steroid dienone is 1. The zero-order valence-electron chi connectivity index (χ0n) is 18.2. The highest BCUT2D eigenvalue weighted by atomic mass is 16.5. The van der Waals surface area contributed by atoms with Crippen LogP contribution >= 0.6 is 0 Å². The van der Waals surface area contributed by atoms with E-state index in [0.717, 1.165) is 6.54 Å². The normalized spacial score (nSPS) is 40.9. The summed E-state index contributed by atoms with van der Waals surface area (Å²) in [6.45, 7) is 7.65. The summed E-state index contributed by atoms with van der Waals surface area (Å²) in [5, 5.41) is 33.6. The van der Waals surface area contributed by atoms with Gasteiger partial charge >= 0.3 is 0 Å². The average Bonchev–Trinajstić information content (AvgIpc) is 2.89. The Labute approximate surface area is 170 Å². The van der Waals surface area contributed by atoms with Gasteiger partial charge in [-0.3, -0.25) is 4.90 Å². The molecule has 3 rings (SSSR count). The standard InChI is InChI=1S/C23H41NO4/c1-16(2)10-11-19(26)22(3)21-20(28-4)18(25)12-13-23(21,27)15-24(22)14-17-8-6-5-7-9-17/h10,17-21,25-27H,5-9,11-15H2,1-4H3/t18-,19-,20-,21-,22-,23+/m1/s1. The smallest absolute Gasteiger partial charge is 0.0904 e. The molecule has 3 N–H and O–H groups in total. The number of hydrogen-bond donors (Lipinski definition) is 3. The molecule has 1 saturated heterocycles. The third-order valence-electron chi connectivity index (χ3n) is 7.83. The van der Waals surface area contributed by atoms with Crippen molar-refractivity contribution in [2.45, 2.75) is 102 Å². The van der Waals surface area contributed by atoms with Crippen molar-refractivity contribution in [2.75, 3.05) is 20.2 Å². The van der Waals surface area contributed by atoms with Gasteiger partial charge in [0.05, 0.1) is 29.5 Å². The van der Waals surface area contributed by atoms with Crippen molar-refractivity contribution < 1.29 is 20.1 Å². The fourth-order valence-corrected chi connectivity index (χ4v) is 6.24. The van der Waals surface area contributed by atoms with Crippen LogP contribution in [0.3, 0.4) is 0 Å². The number of aliphatic hydroxyl groups is 3. The first-order valence-corrected chi connectivity index (χ1v) is 11.2. The van der Waals surface area contributed by atoms with E-state index in [-0.39, 0.29) is 5.92 Å². The Kier molecular flexibility index (Phi) is 6.93. The molecule has 0 aromatic rings. The molecule has 6 atom stereocenters. The van der Waals surface area contributed by atoms with Gasteiger partial charge < -0.3 is 20.1 Å². The van der Waals surface area contributed by atoms with Crippen molar-refractivity contribution in [3.05, 3.63) is 11.6 Å². The molecule has 5 heteroatoms. The zero-order chi connectivity index (χ0) is 20.5. The van der Waals surface area contributed by atoms with Crippen LogP contribution in [0.15, 0.2) is 11.6 Å². The quantitative estimate of drug-likeness (QED) is 0.603. The third-order valence-corrected chi connectivity index (χ3v) is 7.83. The lowest BCUT2D eigenvalue weighted by atomic mass is 9.65. The maximum atomic E-state index is 11.6. The summed E-state index contributed by atoms with van der Waals surface area (Å²) in [5.41, 5.74) is -0.364. The number of likely N-dealkylation sites (tertiary alicyclic amines) is 1. The SMILES string of the molecule is CO[C@@H]1[C@H](O)CC[C@]2(O)CN(CC3CCCCC3)[C@](C)([C@H](O)CC=C(C)C)[C@@H]12. The van der Waals surface area contributed by atoms with Crippen LogP contribution in [0.4, 0.5) is 0 Å². The van der Waals surface area contributed by atoms with Crippen molar-refractivity contribution in [3.63, 3.8) is 0 Å². The zero-order valence-corrected chi connectivity index (χ0v) is 18.2. The second-order valence-electron chi connectivity index (χ2n) is 10.0. The molecule has 2 saturated carbocycles. The second kappa shape index (κ2) is 8.73. The van der Waals surface area contributed by atoms with E-state index in [4.69, 9.17) is 4.74 Å². The average molecular weight is 396 g/mol. The largest absolute Gasteiger partial charge is 0.391 e. The van der Waals surface area contributed by atoms with E-state index in [1.165, 1.54) is 37.7 Å². The molecular weight excluding hydrogens is 354 g/mol. The van der Waals surface area contributed by atoms with Gasteiger partial charge in [0, 0.05) is 26.1 Å². The molecule has 3 fully saturated rings. The second-order valence-corrected chi connectivity index (χ2v) is 10.0. The highest BCUT2D eigenvalue weighted by Gasteiger charge is 2.66. The number of rotatable bonds is 6. The number of methoxy groups -OCH3 is 1. The summed E-state index contributed by atoms with van der Waals surface area (Å²) < 4.78 is 5.73. The maximum absolute atomic E-state index is 11.6. The van der Waals surface area contributed by atoms with Crippen LogP contribution in [0.2, 0.25) is 0 Å². The van der Waals surface area contributed by atoms with Crippen molar-refractivity contribution in [3.8, 4) is 0 Å². The predicted octanol–water partition coefficient (Wildman–Crippen LogP) is 2.88. The third kappa shape index (κ3) is 4.06. The molecule has 0 unspecified atom stereocenters. The van der Waals surface area contributed by atoms with Crippen molar-refractivity contribution in [1.29, 1.82) is 0 Å². The van der Waals surface area contributed by atoms with Gasteiger partial charge in [0.2, 0.25) is 0 Å². The number of ether oxygens (including phenoxy) is 1. The minimum Gasteiger partial charge on any atom is -0.391 e. The summed E-state index contributed by atoms with van der Waals surface area (Å²) >= 11 is 0. The monoisotopic (exact) mass is 395 g/mol. The molecule has 162 valence electrons. The van der Waals surface area contributed by atoms with Crippen molar-refractivity contribution in [2.24, 2.45) is 11.8 Å². The Balaban J connectivity index is 1.94. The lowest BCUT2D eigenvalue weighted by molar-refractivity contribution is -0.169. The first-order valence-electron chi connectivity index (χ1n) is 11.2. The van der Waals surface area contributed by atoms with Crippen LogP contribution in [-0.2, 0) is 4.74 Å². The van der Waals surface area contributed by atoms with Gasteiger partial charge in [0.1, 0.15) is 0 Å². The highest BCUT2D eigenvalue weighted by molar-refractivity contribution is 5.19. The molecular formula is C23H41NO4. The van der Waals surface area contributed by atoms with Crippen LogP contribution in [-0.4, -0.2) is 69.9 Å². The summed E-state index contributed by atoms with van der Waals surface area (Å²) in [7, 11) is 1.62. The number of β-amino-alcohol motifs (C(OH)–C–C–N with tert-alkyl or cyclic N) is 1. The highest BCUT2D eigenvalue weighted by Crippen LogP contribution is 2.52. The van der Waals surface area contributed by atoms with Crippen LogP contribution in [0, 0.1) is 11.8 Å². The van der Waals surface area contributed by atoms with Gasteiger partial charge in [-0.15, -0.1) is 0 Å². The Morgan fingerprint density at radius 3 is 2.50 bits per heavy atom. The van der Waals surface area contributed by atoms with Gasteiger partial charge in [-0.1, -0.05) is 30.9 Å². The molecule has 1 heterocycles. The predicted molar refractivity (Wildman–Crippen MR) is 111 cm³/mol. The number of nitrogens with zero attached hydrogens (tertiary/aromatic N) is 1. The fraction of sp³-hybridized carbons (Fsp3) is 0.913. The Morgan fingerprint density at radius 1 is 1.21 bits per heavy atom. The van der Waals surface area contributed by atoms with Crippen LogP contribution in [0.1, 0.15) is 72.1 Å². The van der Waals surface area contributed by atoms with Crippen LogP contribution < -0.4 is 0 Å². The van der Waals surface area contributed by atoms with E-state index in [9.17, 15) is 15.3 Å². The number of aliphatic hydroxyl groups excluding tert-OH is 2. The molecule has 0 radical (unpaired) electrons. The van der Waals surface area contributed by atoms with Gasteiger partial charge in [0.25, 0.3) is 0 Å². The lowest BCUT2D eigenvalue weighted by Gasteiger charge is -2.50. The van der Waals surface area contributed by atoms with E-state index < -0.39 is 29.5 Å². The molecule has 28 heavy (non-hydrogen) atoms. The molecule has 0 spiro atoms. The van der Waals surface area contributed by atoms with E-state index in [1.807, 2.05) is 13.8 Å². The molecule has 0 bridgehead atoms. The van der Waals surface area contributed by atoms with Crippen LogP contribution in [0.25, 0.3) is 0 Å². The number of hydrogen-bond acceptors (Lipinski definition) is 5. The molecule has 1 aliphatic heterocycles. The first-order chi connectivity index (χ1) is 13.2. The molecule has 5 nitrogen and oxygen atoms in total. The molecule has 0 aromatic heterocycles. The minimum atomic E-state index is -0.921. The van der Waals surface area contributed by atoms with Gasteiger partial charge in [-0.2, -0.15) is 0 Å². The van der Waals surface area contributed by atoms with E-state index >= 15 is 0 Å². The van der Waals surface area contributed by atoms with Crippen molar-refractivity contribution >= 4 is 0 Å². The van der Waals surface area contributed by atoms with E-state index in [1.54, 1.807) is 7.11 Å². The molecule has 3 aliphatic rings. The van der Waals surface area contributed by atoms with Gasteiger partial charge in [-0.25, -0.2) is 0 Å². The Hall–Kier alpha value is -0.460. The maximum Gasteiger partial charge on any atom is 0.0904 e. The topological polar surface area (TPSA) is 73.2 Å². The first kappa shape index (κ1) is 22.2. The minimum absolute atomic E-state index is 0.307. The van der Waals surface area contributed by atoms with Gasteiger partial charge in [-0.05, 0) is 58.8 Å².